The molecule has 7 heteroatoms. The monoisotopic (exact) mass is 445 g/mol. The molecule has 33 heavy (non-hydrogen) atoms. The van der Waals surface area contributed by atoms with Gasteiger partial charge in [0.15, 0.2) is 18.0 Å². The van der Waals surface area contributed by atoms with Crippen molar-refractivity contribution in [1.29, 1.82) is 0 Å². The van der Waals surface area contributed by atoms with Gasteiger partial charge in [0.25, 0.3) is 5.91 Å². The van der Waals surface area contributed by atoms with Gasteiger partial charge in [-0.25, -0.2) is 4.98 Å². The minimum atomic E-state index is -0.169. The summed E-state index contributed by atoms with van der Waals surface area (Å²) in [5.41, 5.74) is 1.47. The van der Waals surface area contributed by atoms with Crippen LogP contribution in [0.4, 0.5) is 5.82 Å². The van der Waals surface area contributed by atoms with Crippen LogP contribution in [-0.4, -0.2) is 42.2 Å². The Bertz CT molecular complexity index is 1190. The van der Waals surface area contributed by atoms with E-state index in [4.69, 9.17) is 19.2 Å². The van der Waals surface area contributed by atoms with Gasteiger partial charge in [-0.1, -0.05) is 43.3 Å². The normalized spacial score (nSPS) is 10.7. The van der Waals surface area contributed by atoms with Crippen LogP contribution in [0.2, 0.25) is 0 Å². The minimum Gasteiger partial charge on any atom is -0.490 e. The lowest BCUT2D eigenvalue weighted by Gasteiger charge is -2.18. The van der Waals surface area contributed by atoms with Crippen LogP contribution < -0.4 is 19.1 Å². The number of carbonyl (C=O) groups is 1. The molecule has 0 fully saturated rings. The third-order valence-electron chi connectivity index (χ3n) is 5.14. The average Bonchev–Trinajstić information content (AvgIpc) is 3.25. The number of aromatic nitrogens is 2. The second kappa shape index (κ2) is 10.5. The number of nitrogens with zero attached hydrogens (tertiary/aromatic N) is 3. The highest BCUT2D eigenvalue weighted by molar-refractivity contribution is 5.94. The number of fused-ring (bicyclic) bond motifs is 1. The van der Waals surface area contributed by atoms with Crippen LogP contribution in [0.1, 0.15) is 12.6 Å². The van der Waals surface area contributed by atoms with E-state index >= 15 is 0 Å². The summed E-state index contributed by atoms with van der Waals surface area (Å²) in [4.78, 5) is 19.2. The molecule has 1 amide bonds. The summed E-state index contributed by atoms with van der Waals surface area (Å²) in [6, 6.07) is 22.7. The summed E-state index contributed by atoms with van der Waals surface area (Å²) in [6.45, 7) is 2.73. The first kappa shape index (κ1) is 22.2. The van der Waals surface area contributed by atoms with E-state index in [0.29, 0.717) is 42.6 Å². The quantitative estimate of drug-likeness (QED) is 0.339. The predicted molar refractivity (Wildman–Crippen MR) is 127 cm³/mol. The Morgan fingerprint density at radius 2 is 1.52 bits per heavy atom. The number of likely N-dealkylation sites (N-methyl/N-ethyl adjacent to an activating group) is 1. The van der Waals surface area contributed by atoms with Gasteiger partial charge in [-0.3, -0.25) is 14.1 Å². The van der Waals surface area contributed by atoms with Gasteiger partial charge in [0.05, 0.1) is 5.69 Å². The fourth-order valence-electron chi connectivity index (χ4n) is 3.49. The third-order valence-corrected chi connectivity index (χ3v) is 5.14. The molecule has 2 aromatic carbocycles. The molecule has 4 aromatic rings. The summed E-state index contributed by atoms with van der Waals surface area (Å²) < 4.78 is 19.2. The number of pyridine rings is 1. The van der Waals surface area contributed by atoms with Crippen LogP contribution in [0, 0.1) is 0 Å². The molecule has 2 aromatic heterocycles. The van der Waals surface area contributed by atoms with Gasteiger partial charge in [0.1, 0.15) is 30.5 Å². The Kier molecular flexibility index (Phi) is 7.09. The number of carbonyl (C=O) groups excluding carboxylic acids is 1. The van der Waals surface area contributed by atoms with Gasteiger partial charge < -0.3 is 14.2 Å². The number of rotatable bonds is 10. The smallest absolute Gasteiger partial charge is 0.265 e. The fraction of sp³-hybridized carbons (Fsp3) is 0.231. The minimum absolute atomic E-state index is 0.0656. The van der Waals surface area contributed by atoms with Crippen LogP contribution in [0.5, 0.6) is 17.2 Å². The Morgan fingerprint density at radius 3 is 2.18 bits per heavy atom. The van der Waals surface area contributed by atoms with Crippen molar-refractivity contribution in [2.75, 3.05) is 31.8 Å². The molecule has 0 saturated heterocycles. The van der Waals surface area contributed by atoms with Crippen LogP contribution in [-0.2, 0) is 11.2 Å². The molecule has 0 aliphatic carbocycles. The lowest BCUT2D eigenvalue weighted by Crippen LogP contribution is -2.32. The van der Waals surface area contributed by atoms with E-state index in [0.717, 1.165) is 11.4 Å². The number of imidazole rings is 1. The molecule has 0 saturated carbocycles. The van der Waals surface area contributed by atoms with Crippen LogP contribution in [0.3, 0.4) is 0 Å². The van der Waals surface area contributed by atoms with Crippen molar-refractivity contribution in [3.63, 3.8) is 0 Å². The zero-order valence-electron chi connectivity index (χ0n) is 18.8. The van der Waals surface area contributed by atoms with Gasteiger partial charge in [-0.2, -0.15) is 0 Å². The second-order valence-corrected chi connectivity index (χ2v) is 7.37. The van der Waals surface area contributed by atoms with Gasteiger partial charge >= 0.3 is 0 Å². The first-order valence-electron chi connectivity index (χ1n) is 10.9. The van der Waals surface area contributed by atoms with Crippen molar-refractivity contribution < 1.29 is 19.0 Å². The first-order valence-corrected chi connectivity index (χ1v) is 10.9. The number of benzene rings is 2. The number of hydrogen-bond acceptors (Lipinski definition) is 5. The van der Waals surface area contributed by atoms with E-state index in [1.165, 1.54) is 0 Å². The van der Waals surface area contributed by atoms with E-state index < -0.39 is 0 Å². The number of hydrogen-bond donors (Lipinski definition) is 0. The van der Waals surface area contributed by atoms with Crippen molar-refractivity contribution in [3.05, 3.63) is 84.7 Å². The van der Waals surface area contributed by atoms with Crippen LogP contribution in [0.25, 0.3) is 5.65 Å². The summed E-state index contributed by atoms with van der Waals surface area (Å²) >= 11 is 0. The third kappa shape index (κ3) is 5.26. The summed E-state index contributed by atoms with van der Waals surface area (Å²) in [7, 11) is 1.74. The molecule has 2 heterocycles. The summed E-state index contributed by atoms with van der Waals surface area (Å²) in [6.07, 6.45) is 2.55. The molecule has 0 aliphatic rings. The zero-order chi connectivity index (χ0) is 23.0. The first-order chi connectivity index (χ1) is 16.2. The molecule has 170 valence electrons. The largest absolute Gasteiger partial charge is 0.490 e. The summed E-state index contributed by atoms with van der Waals surface area (Å²) in [5, 5.41) is 0. The highest BCUT2D eigenvalue weighted by atomic mass is 16.5. The number of para-hydroxylation sites is 2. The van der Waals surface area contributed by atoms with Crippen LogP contribution in [0.15, 0.2) is 79.0 Å². The number of amides is 1. The molecule has 0 spiro atoms. The van der Waals surface area contributed by atoms with Gasteiger partial charge in [0, 0.05) is 13.2 Å². The van der Waals surface area contributed by atoms with Crippen molar-refractivity contribution in [2.24, 2.45) is 0 Å². The van der Waals surface area contributed by atoms with E-state index in [1.807, 2.05) is 90.3 Å². The average molecular weight is 446 g/mol. The maximum absolute atomic E-state index is 12.9. The van der Waals surface area contributed by atoms with Crippen molar-refractivity contribution >= 4 is 17.4 Å². The summed E-state index contributed by atoms with van der Waals surface area (Å²) in [5.74, 6) is 2.63. The van der Waals surface area contributed by atoms with Gasteiger partial charge in [0.2, 0.25) is 0 Å². The number of anilines is 1. The zero-order valence-corrected chi connectivity index (χ0v) is 18.8. The maximum atomic E-state index is 12.9. The Hall–Kier alpha value is -4.00. The van der Waals surface area contributed by atoms with E-state index in [1.54, 1.807) is 11.9 Å². The molecular formula is C26H27N3O4. The maximum Gasteiger partial charge on any atom is 0.265 e. The lowest BCUT2D eigenvalue weighted by atomic mass is 10.3. The topological polar surface area (TPSA) is 65.3 Å². The van der Waals surface area contributed by atoms with Gasteiger partial charge in [-0.05, 0) is 42.8 Å². The van der Waals surface area contributed by atoms with Crippen molar-refractivity contribution in [1.82, 2.24) is 9.38 Å². The van der Waals surface area contributed by atoms with E-state index in [9.17, 15) is 4.79 Å². The Morgan fingerprint density at radius 1 is 0.879 bits per heavy atom. The lowest BCUT2D eigenvalue weighted by molar-refractivity contribution is -0.120. The molecule has 0 unspecified atom stereocenters. The Balaban J connectivity index is 1.47. The second-order valence-electron chi connectivity index (χ2n) is 7.37. The molecule has 0 N–H and O–H groups in total. The highest BCUT2D eigenvalue weighted by Gasteiger charge is 2.22. The molecule has 7 nitrogen and oxygen atoms in total. The molecule has 0 bridgehead atoms. The van der Waals surface area contributed by atoms with Gasteiger partial charge in [-0.15, -0.1) is 0 Å². The molecule has 0 aliphatic heterocycles. The fourth-order valence-corrected chi connectivity index (χ4v) is 3.49. The van der Waals surface area contributed by atoms with Crippen molar-refractivity contribution in [2.45, 2.75) is 13.3 Å². The number of aryl methyl sites for hydroxylation is 1. The standard InChI is InChI=1S/C26H27N3O4/c1-3-22-26(28(2)24(30)19-33-21-13-8-5-9-14-21)29-16-10-15-23(25(29)27-22)32-18-17-31-20-11-6-4-7-12-20/h4-16H,3,17-19H2,1-2H3. The van der Waals surface area contributed by atoms with Crippen molar-refractivity contribution in [3.8, 4) is 17.2 Å². The van der Waals surface area contributed by atoms with Crippen LogP contribution >= 0.6 is 0 Å². The molecule has 0 radical (unpaired) electrons. The number of ether oxygens (including phenoxy) is 3. The van der Waals surface area contributed by atoms with E-state index in [2.05, 4.69) is 0 Å². The highest BCUT2D eigenvalue weighted by Crippen LogP contribution is 2.28. The Labute approximate surface area is 193 Å². The molecular weight excluding hydrogens is 418 g/mol. The molecule has 0 atom stereocenters. The predicted octanol–water partition coefficient (Wildman–Crippen LogP) is 4.40. The SMILES string of the molecule is CCc1nc2c(OCCOc3ccccc3)cccn2c1N(C)C(=O)COc1ccccc1. The van der Waals surface area contributed by atoms with E-state index in [-0.39, 0.29) is 12.5 Å². The molecule has 4 rings (SSSR count).